The van der Waals surface area contributed by atoms with Gasteiger partial charge in [-0.25, -0.2) is 4.39 Å². The van der Waals surface area contributed by atoms with Crippen LogP contribution >= 0.6 is 11.6 Å². The minimum absolute atomic E-state index is 0.0685. The lowest BCUT2D eigenvalue weighted by Crippen LogP contribution is -1.94. The minimum atomic E-state index is -0.305. The number of carbonyl (C=O) groups is 1. The Kier molecular flexibility index (Phi) is 5.90. The van der Waals surface area contributed by atoms with Gasteiger partial charge in [0.05, 0.1) is 0 Å². The standard InChI is InChI=1S/C15H12ClFO.C2H6/c1-9-4-3-5-12(15(9)17)13-8-11(10(2)18)6-7-14(13)16;1-2/h3-8H,1-2H3;1-2H3. The first kappa shape index (κ1) is 16.4. The summed E-state index contributed by atoms with van der Waals surface area (Å²) in [5.41, 5.74) is 2.04. The Morgan fingerprint density at radius 3 is 2.35 bits per heavy atom. The highest BCUT2D eigenvalue weighted by Crippen LogP contribution is 2.31. The van der Waals surface area contributed by atoms with Gasteiger partial charge in [0.2, 0.25) is 0 Å². The van der Waals surface area contributed by atoms with E-state index < -0.39 is 0 Å². The monoisotopic (exact) mass is 292 g/mol. The van der Waals surface area contributed by atoms with E-state index in [-0.39, 0.29) is 11.6 Å². The molecule has 2 aromatic carbocycles. The van der Waals surface area contributed by atoms with Crippen molar-refractivity contribution in [3.8, 4) is 11.1 Å². The van der Waals surface area contributed by atoms with Gasteiger partial charge in [0.1, 0.15) is 5.82 Å². The Hall–Kier alpha value is -1.67. The fraction of sp³-hybridized carbons (Fsp3) is 0.235. The Balaban J connectivity index is 0.000000956. The second-order valence-electron chi connectivity index (χ2n) is 4.19. The van der Waals surface area contributed by atoms with E-state index in [4.69, 9.17) is 11.6 Å². The molecule has 2 aromatic rings. The molecule has 0 atom stereocenters. The molecule has 0 radical (unpaired) electrons. The van der Waals surface area contributed by atoms with Crippen molar-refractivity contribution in [1.82, 2.24) is 0 Å². The molecular weight excluding hydrogens is 275 g/mol. The normalized spacial score (nSPS) is 9.70. The van der Waals surface area contributed by atoms with Crippen LogP contribution in [0.15, 0.2) is 36.4 Å². The molecule has 0 unspecified atom stereocenters. The van der Waals surface area contributed by atoms with E-state index in [1.165, 1.54) is 6.92 Å². The highest BCUT2D eigenvalue weighted by Gasteiger charge is 2.12. The molecule has 106 valence electrons. The van der Waals surface area contributed by atoms with E-state index >= 15 is 0 Å². The van der Waals surface area contributed by atoms with E-state index in [1.54, 1.807) is 43.3 Å². The zero-order valence-electron chi connectivity index (χ0n) is 12.1. The summed E-state index contributed by atoms with van der Waals surface area (Å²) in [6, 6.07) is 10.0. The zero-order chi connectivity index (χ0) is 15.3. The number of carbonyl (C=O) groups excluding carboxylic acids is 1. The van der Waals surface area contributed by atoms with Gasteiger partial charge in [0.25, 0.3) is 0 Å². The van der Waals surface area contributed by atoms with Crippen molar-refractivity contribution in [3.05, 3.63) is 58.4 Å². The van der Waals surface area contributed by atoms with Crippen LogP contribution in [0.5, 0.6) is 0 Å². The van der Waals surface area contributed by atoms with Crippen molar-refractivity contribution in [2.24, 2.45) is 0 Å². The lowest BCUT2D eigenvalue weighted by atomic mass is 9.99. The molecule has 0 fully saturated rings. The molecule has 0 amide bonds. The average Bonchev–Trinajstić information content (AvgIpc) is 2.45. The van der Waals surface area contributed by atoms with Crippen molar-refractivity contribution in [3.63, 3.8) is 0 Å². The summed E-state index contributed by atoms with van der Waals surface area (Å²) in [6.45, 7) is 7.17. The summed E-state index contributed by atoms with van der Waals surface area (Å²) < 4.78 is 14.1. The van der Waals surface area contributed by atoms with Crippen LogP contribution in [0, 0.1) is 12.7 Å². The molecule has 0 aromatic heterocycles. The first-order valence-electron chi connectivity index (χ1n) is 6.56. The van der Waals surface area contributed by atoms with E-state index in [1.807, 2.05) is 13.8 Å². The Morgan fingerprint density at radius 1 is 1.10 bits per heavy atom. The van der Waals surface area contributed by atoms with Crippen LogP contribution in [0.1, 0.15) is 36.7 Å². The molecule has 0 saturated heterocycles. The van der Waals surface area contributed by atoms with E-state index in [9.17, 15) is 9.18 Å². The lowest BCUT2D eigenvalue weighted by molar-refractivity contribution is 0.101. The number of halogens is 2. The lowest BCUT2D eigenvalue weighted by Gasteiger charge is -2.09. The summed E-state index contributed by atoms with van der Waals surface area (Å²) in [7, 11) is 0. The SMILES string of the molecule is CC.CC(=O)c1ccc(Cl)c(-c2cccc(C)c2F)c1. The van der Waals surface area contributed by atoms with Gasteiger partial charge in [-0.05, 0) is 37.6 Å². The van der Waals surface area contributed by atoms with Crippen molar-refractivity contribution >= 4 is 17.4 Å². The van der Waals surface area contributed by atoms with Crippen molar-refractivity contribution in [2.75, 3.05) is 0 Å². The topological polar surface area (TPSA) is 17.1 Å². The summed E-state index contributed by atoms with van der Waals surface area (Å²) in [5.74, 6) is -0.374. The molecular formula is C17H18ClFO. The summed E-state index contributed by atoms with van der Waals surface area (Å²) in [4.78, 5) is 11.4. The number of hydrogen-bond donors (Lipinski definition) is 0. The van der Waals surface area contributed by atoms with Gasteiger partial charge >= 0.3 is 0 Å². The maximum atomic E-state index is 14.1. The molecule has 0 spiro atoms. The summed E-state index contributed by atoms with van der Waals surface area (Å²) in [5, 5.41) is 0.435. The number of benzene rings is 2. The Labute approximate surface area is 124 Å². The maximum absolute atomic E-state index is 14.1. The van der Waals surface area contributed by atoms with Crippen LogP contribution in [0.4, 0.5) is 4.39 Å². The molecule has 2 rings (SSSR count). The van der Waals surface area contributed by atoms with Crippen LogP contribution in [-0.4, -0.2) is 5.78 Å². The van der Waals surface area contributed by atoms with E-state index in [0.29, 0.717) is 27.3 Å². The molecule has 0 aliphatic carbocycles. The Morgan fingerprint density at radius 2 is 1.75 bits per heavy atom. The summed E-state index contributed by atoms with van der Waals surface area (Å²) in [6.07, 6.45) is 0. The fourth-order valence-electron chi connectivity index (χ4n) is 1.81. The quantitative estimate of drug-likeness (QED) is 0.650. The van der Waals surface area contributed by atoms with E-state index in [0.717, 1.165) is 0 Å². The van der Waals surface area contributed by atoms with Crippen LogP contribution in [-0.2, 0) is 0 Å². The second kappa shape index (κ2) is 7.20. The van der Waals surface area contributed by atoms with Gasteiger partial charge in [-0.3, -0.25) is 4.79 Å². The number of Topliss-reactive ketones (excluding diaryl/α,β-unsaturated/α-hetero) is 1. The van der Waals surface area contributed by atoms with Gasteiger partial charge in [-0.2, -0.15) is 0 Å². The van der Waals surface area contributed by atoms with Gasteiger partial charge in [0.15, 0.2) is 5.78 Å². The van der Waals surface area contributed by atoms with Crippen molar-refractivity contribution in [2.45, 2.75) is 27.7 Å². The third-order valence-corrected chi connectivity index (χ3v) is 3.18. The fourth-order valence-corrected chi connectivity index (χ4v) is 2.03. The van der Waals surface area contributed by atoms with Crippen LogP contribution in [0.2, 0.25) is 5.02 Å². The first-order valence-corrected chi connectivity index (χ1v) is 6.94. The smallest absolute Gasteiger partial charge is 0.159 e. The molecule has 1 nitrogen and oxygen atoms in total. The molecule has 0 aliphatic rings. The van der Waals surface area contributed by atoms with Gasteiger partial charge < -0.3 is 0 Å². The summed E-state index contributed by atoms with van der Waals surface area (Å²) >= 11 is 6.08. The van der Waals surface area contributed by atoms with E-state index in [2.05, 4.69) is 0 Å². The third-order valence-electron chi connectivity index (χ3n) is 2.85. The number of ketones is 1. The van der Waals surface area contributed by atoms with Crippen LogP contribution in [0.3, 0.4) is 0 Å². The molecule has 0 heterocycles. The molecule has 0 bridgehead atoms. The van der Waals surface area contributed by atoms with Crippen LogP contribution in [0.25, 0.3) is 11.1 Å². The molecule has 20 heavy (non-hydrogen) atoms. The molecule has 0 saturated carbocycles. The molecule has 3 heteroatoms. The number of rotatable bonds is 2. The highest BCUT2D eigenvalue weighted by atomic mass is 35.5. The maximum Gasteiger partial charge on any atom is 0.159 e. The number of aryl methyl sites for hydroxylation is 1. The van der Waals surface area contributed by atoms with Gasteiger partial charge in [-0.1, -0.05) is 43.6 Å². The average molecular weight is 293 g/mol. The van der Waals surface area contributed by atoms with Gasteiger partial charge in [0, 0.05) is 21.7 Å². The highest BCUT2D eigenvalue weighted by molar-refractivity contribution is 6.33. The largest absolute Gasteiger partial charge is 0.295 e. The molecule has 0 N–H and O–H groups in total. The minimum Gasteiger partial charge on any atom is -0.295 e. The van der Waals surface area contributed by atoms with Crippen LogP contribution < -0.4 is 0 Å². The molecule has 0 aliphatic heterocycles. The van der Waals surface area contributed by atoms with Crippen molar-refractivity contribution < 1.29 is 9.18 Å². The Bertz CT molecular complexity index is 620. The van der Waals surface area contributed by atoms with Gasteiger partial charge in [-0.15, -0.1) is 0 Å². The second-order valence-corrected chi connectivity index (χ2v) is 4.59. The number of hydrogen-bond acceptors (Lipinski definition) is 1. The third kappa shape index (κ3) is 3.45. The first-order chi connectivity index (χ1) is 9.50. The zero-order valence-corrected chi connectivity index (χ0v) is 12.9. The van der Waals surface area contributed by atoms with Crippen molar-refractivity contribution in [1.29, 1.82) is 0 Å². The predicted molar refractivity (Wildman–Crippen MR) is 82.9 cm³/mol. The predicted octanol–water partition coefficient (Wildman–Crippen LogP) is 5.68.